The number of rotatable bonds is 4. The minimum atomic E-state index is -5.07. The first-order valence-corrected chi connectivity index (χ1v) is 5.03. The van der Waals surface area contributed by atoms with Gasteiger partial charge in [-0.15, -0.1) is 10.2 Å². The van der Waals surface area contributed by atoms with Crippen LogP contribution in [0.5, 0.6) is 0 Å². The number of carbonyl (C=O) groups excluding carboxylic acids is 1. The van der Waals surface area contributed by atoms with E-state index in [0.717, 1.165) is 0 Å². The lowest BCUT2D eigenvalue weighted by atomic mass is 10.2. The largest absolute Gasteiger partial charge is 0.492 e. The van der Waals surface area contributed by atoms with E-state index in [1.165, 1.54) is 6.07 Å². The smallest absolute Gasteiger partial charge is 0.343 e. The van der Waals surface area contributed by atoms with E-state index < -0.39 is 12.1 Å². The highest BCUT2D eigenvalue weighted by molar-refractivity contribution is 6.30. The summed E-state index contributed by atoms with van der Waals surface area (Å²) in [5.74, 6) is -2.32. The molecule has 10 heteroatoms. The van der Waals surface area contributed by atoms with E-state index in [4.69, 9.17) is 11.6 Å². The number of hydrogen-bond donors (Lipinski definition) is 2. The Hall–Kier alpha value is -1.61. The number of nitrogens with zero attached hydrogens (tertiary/aromatic N) is 2. The van der Waals surface area contributed by atoms with E-state index in [9.17, 15) is 18.0 Å². The van der Waals surface area contributed by atoms with Crippen molar-refractivity contribution in [3.05, 3.63) is 16.8 Å². The van der Waals surface area contributed by atoms with Crippen LogP contribution in [-0.2, 0) is 16.1 Å². The van der Waals surface area contributed by atoms with Crippen LogP contribution in [0, 0.1) is 0 Å². The molecule has 0 aliphatic heterocycles. The molecule has 0 bridgehead atoms. The van der Waals surface area contributed by atoms with Gasteiger partial charge >= 0.3 is 12.1 Å². The highest BCUT2D eigenvalue weighted by Crippen LogP contribution is 2.16. The van der Waals surface area contributed by atoms with Crippen molar-refractivity contribution in [3.63, 3.8) is 0 Å². The lowest BCUT2D eigenvalue weighted by Crippen LogP contribution is -2.34. The molecule has 0 saturated carbocycles. The van der Waals surface area contributed by atoms with Crippen LogP contribution in [0.15, 0.2) is 6.07 Å². The van der Waals surface area contributed by atoms with Crippen LogP contribution in [-0.4, -0.2) is 22.3 Å². The number of nitrogens with one attached hydrogen (secondary N) is 2. The maximum Gasteiger partial charge on any atom is 0.492 e. The quantitative estimate of drug-likeness (QED) is 0.819. The summed E-state index contributed by atoms with van der Waals surface area (Å²) in [6.45, 7) is 1.81. The van der Waals surface area contributed by atoms with E-state index in [-0.39, 0.29) is 11.0 Å². The molecule has 0 unspecified atom stereocenters. The Morgan fingerprint density at radius 2 is 2.17 bits per heavy atom. The van der Waals surface area contributed by atoms with Gasteiger partial charge in [-0.25, -0.2) is 4.79 Å². The molecule has 1 aromatic heterocycles. The van der Waals surface area contributed by atoms with Gasteiger partial charge < -0.3 is 4.84 Å². The third-order valence-corrected chi connectivity index (χ3v) is 2.07. The summed E-state index contributed by atoms with van der Waals surface area (Å²) in [5.41, 5.74) is 4.38. The van der Waals surface area contributed by atoms with Crippen molar-refractivity contribution < 1.29 is 22.8 Å². The molecule has 18 heavy (non-hydrogen) atoms. The Labute approximate surface area is 104 Å². The Balaban J connectivity index is 2.52. The van der Waals surface area contributed by atoms with Gasteiger partial charge in [0.2, 0.25) is 0 Å². The minimum absolute atomic E-state index is 0.0613. The van der Waals surface area contributed by atoms with Gasteiger partial charge in [0, 0.05) is 0 Å². The van der Waals surface area contributed by atoms with E-state index in [2.05, 4.69) is 20.5 Å². The van der Waals surface area contributed by atoms with Gasteiger partial charge in [-0.3, -0.25) is 5.43 Å². The molecular weight excluding hydrogens is 277 g/mol. The van der Waals surface area contributed by atoms with E-state index in [1.54, 1.807) is 5.59 Å². The second kappa shape index (κ2) is 5.83. The molecule has 1 heterocycles. The van der Waals surface area contributed by atoms with Crippen molar-refractivity contribution in [3.8, 4) is 0 Å². The molecule has 0 aromatic carbocycles. The zero-order valence-electron chi connectivity index (χ0n) is 9.01. The Morgan fingerprint density at radius 3 is 2.72 bits per heavy atom. The lowest BCUT2D eigenvalue weighted by Gasteiger charge is -2.09. The summed E-state index contributed by atoms with van der Waals surface area (Å²) in [7, 11) is 0. The number of anilines is 1. The molecule has 0 atom stereocenters. The van der Waals surface area contributed by atoms with Crippen LogP contribution < -0.4 is 11.0 Å². The normalized spacial score (nSPS) is 11.2. The highest BCUT2D eigenvalue weighted by Gasteiger charge is 2.41. The molecule has 0 radical (unpaired) electrons. The summed E-state index contributed by atoms with van der Waals surface area (Å²) in [6, 6.07) is 1.45. The molecule has 0 spiro atoms. The van der Waals surface area contributed by atoms with Crippen LogP contribution in [0.25, 0.3) is 0 Å². The van der Waals surface area contributed by atoms with Gasteiger partial charge in [0.25, 0.3) is 0 Å². The third kappa shape index (κ3) is 4.00. The first kappa shape index (κ1) is 14.5. The SMILES string of the molecule is CCc1cc(NNOC(=O)C(F)(F)F)nnc1Cl. The van der Waals surface area contributed by atoms with E-state index in [0.29, 0.717) is 12.0 Å². The van der Waals surface area contributed by atoms with E-state index in [1.807, 2.05) is 6.92 Å². The fraction of sp³-hybridized carbons (Fsp3) is 0.375. The molecule has 0 saturated heterocycles. The number of hydrogen-bond acceptors (Lipinski definition) is 6. The van der Waals surface area contributed by atoms with Crippen LogP contribution in [0.3, 0.4) is 0 Å². The summed E-state index contributed by atoms with van der Waals surface area (Å²) < 4.78 is 35.3. The van der Waals surface area contributed by atoms with Gasteiger partial charge in [0.1, 0.15) is 0 Å². The van der Waals surface area contributed by atoms with Gasteiger partial charge in [-0.05, 0) is 18.1 Å². The number of alkyl halides is 3. The molecule has 2 N–H and O–H groups in total. The van der Waals surface area contributed by atoms with Crippen LogP contribution >= 0.6 is 11.6 Å². The van der Waals surface area contributed by atoms with Gasteiger partial charge in [-0.1, -0.05) is 24.1 Å². The highest BCUT2D eigenvalue weighted by atomic mass is 35.5. The first-order chi connectivity index (χ1) is 8.34. The third-order valence-electron chi connectivity index (χ3n) is 1.76. The van der Waals surface area contributed by atoms with Crippen molar-refractivity contribution in [1.82, 2.24) is 15.8 Å². The predicted octanol–water partition coefficient (Wildman–Crippen LogP) is 1.63. The Morgan fingerprint density at radius 1 is 1.50 bits per heavy atom. The lowest BCUT2D eigenvalue weighted by molar-refractivity contribution is -0.205. The van der Waals surface area contributed by atoms with Gasteiger partial charge in [0.05, 0.1) is 0 Å². The predicted molar refractivity (Wildman–Crippen MR) is 55.3 cm³/mol. The number of aryl methyl sites for hydroxylation is 1. The van der Waals surface area contributed by atoms with Crippen molar-refractivity contribution >= 4 is 23.4 Å². The molecule has 0 amide bonds. The number of hydrazine groups is 1. The van der Waals surface area contributed by atoms with Gasteiger partial charge in [-0.2, -0.15) is 13.2 Å². The Bertz CT molecular complexity index is 441. The van der Waals surface area contributed by atoms with Crippen molar-refractivity contribution in [2.45, 2.75) is 19.5 Å². The zero-order chi connectivity index (χ0) is 13.8. The zero-order valence-corrected chi connectivity index (χ0v) is 9.76. The fourth-order valence-corrected chi connectivity index (χ4v) is 1.13. The molecule has 100 valence electrons. The van der Waals surface area contributed by atoms with E-state index >= 15 is 0 Å². The molecule has 1 aromatic rings. The monoisotopic (exact) mass is 284 g/mol. The van der Waals surface area contributed by atoms with Crippen molar-refractivity contribution in [2.75, 3.05) is 5.43 Å². The standard InChI is InChI=1S/C8H8ClF3N4O2/c1-2-4-3-5(13-15-6(4)9)14-16-18-7(17)8(10,11)12/h3,16H,2H2,1H3,(H,13,14). The maximum atomic E-state index is 11.8. The first-order valence-electron chi connectivity index (χ1n) is 4.65. The molecule has 0 aliphatic carbocycles. The molecular formula is C8H8ClF3N4O2. The van der Waals surface area contributed by atoms with Crippen molar-refractivity contribution in [1.29, 1.82) is 0 Å². The van der Waals surface area contributed by atoms with Crippen LogP contribution in [0.1, 0.15) is 12.5 Å². The Kier molecular flexibility index (Phi) is 4.68. The summed E-state index contributed by atoms with van der Waals surface area (Å²) in [4.78, 5) is 14.0. The number of aromatic nitrogens is 2. The fourth-order valence-electron chi connectivity index (χ4n) is 0.906. The molecule has 0 fully saturated rings. The van der Waals surface area contributed by atoms with Gasteiger partial charge in [0.15, 0.2) is 11.0 Å². The second-order valence-electron chi connectivity index (χ2n) is 3.01. The topological polar surface area (TPSA) is 76.1 Å². The average molecular weight is 285 g/mol. The van der Waals surface area contributed by atoms with Crippen LogP contribution in [0.4, 0.5) is 19.0 Å². The summed E-state index contributed by atoms with van der Waals surface area (Å²) in [6.07, 6.45) is -4.51. The molecule has 1 rings (SSSR count). The summed E-state index contributed by atoms with van der Waals surface area (Å²) in [5, 5.41) is 7.25. The molecule has 6 nitrogen and oxygen atoms in total. The minimum Gasteiger partial charge on any atom is -0.343 e. The molecule has 0 aliphatic rings. The second-order valence-corrected chi connectivity index (χ2v) is 3.37. The number of halogens is 4. The average Bonchev–Trinajstić information content (AvgIpc) is 2.30. The van der Waals surface area contributed by atoms with Crippen LogP contribution in [0.2, 0.25) is 5.15 Å². The van der Waals surface area contributed by atoms with Crippen molar-refractivity contribution in [2.24, 2.45) is 0 Å². The summed E-state index contributed by atoms with van der Waals surface area (Å²) >= 11 is 5.68. The number of carbonyl (C=O) groups is 1. The maximum absolute atomic E-state index is 11.8.